The first kappa shape index (κ1) is 22.0. The van der Waals surface area contributed by atoms with Crippen LogP contribution in [0.5, 0.6) is 5.75 Å². The highest BCUT2D eigenvalue weighted by molar-refractivity contribution is 6.32. The zero-order valence-electron chi connectivity index (χ0n) is 18.2. The second-order valence-corrected chi connectivity index (χ2v) is 8.92. The number of nitrogen functional groups attached to an aromatic ring is 1. The van der Waals surface area contributed by atoms with E-state index in [1.54, 1.807) is 34.7 Å². The second-order valence-electron chi connectivity index (χ2n) is 8.51. The van der Waals surface area contributed by atoms with Crippen LogP contribution in [0.1, 0.15) is 49.5 Å². The van der Waals surface area contributed by atoms with Gasteiger partial charge in [-0.2, -0.15) is 5.10 Å². The average Bonchev–Trinajstić information content (AvgIpc) is 3.02. The number of carbonyl (C=O) groups is 2. The first-order valence-corrected chi connectivity index (χ1v) is 11.0. The summed E-state index contributed by atoms with van der Waals surface area (Å²) in [6, 6.07) is 5.29. The molecule has 0 atom stereocenters. The monoisotopic (exact) mass is 455 g/mol. The maximum Gasteiger partial charge on any atom is 0.298 e. The number of nitrogens with two attached hydrogens (primary N) is 2. The third-order valence-corrected chi connectivity index (χ3v) is 6.41. The number of primary amides is 1. The Balaban J connectivity index is 1.55. The van der Waals surface area contributed by atoms with Crippen LogP contribution < -0.4 is 16.2 Å². The molecule has 0 radical (unpaired) electrons. The van der Waals surface area contributed by atoms with Crippen molar-refractivity contribution in [1.29, 1.82) is 0 Å². The van der Waals surface area contributed by atoms with Crippen molar-refractivity contribution in [2.24, 2.45) is 11.1 Å². The number of aromatic nitrogens is 2. The van der Waals surface area contributed by atoms with E-state index in [4.69, 9.17) is 27.8 Å². The lowest BCUT2D eigenvalue weighted by atomic mass is 9.60. The lowest BCUT2D eigenvalue weighted by Gasteiger charge is -2.58. The molecule has 8 nitrogen and oxygen atoms in total. The van der Waals surface area contributed by atoms with Gasteiger partial charge in [0.2, 0.25) is 0 Å². The Morgan fingerprint density at radius 3 is 2.66 bits per heavy atom. The van der Waals surface area contributed by atoms with Crippen molar-refractivity contribution >= 4 is 29.2 Å². The molecule has 2 fully saturated rings. The molecule has 1 aliphatic heterocycles. The maximum atomic E-state index is 12.2. The standard InChI is InChI=1S/C23H26ClN5O3/c1-3-5-18(30)28-12-23(13-28)10-15(11-23)29-21(25)19(22(26)31)20(27-29)14-6-7-17(16(24)9-14)32-8-4-2/h6-7,9,15H,4,8,10-13,25H2,1-2H3,(H2,26,31). The zero-order chi connectivity index (χ0) is 23.0. The number of anilines is 1. The Hall–Kier alpha value is -3.18. The molecule has 2 heterocycles. The number of likely N-dealkylation sites (tertiary alicyclic amines) is 1. The van der Waals surface area contributed by atoms with Crippen molar-refractivity contribution in [3.63, 3.8) is 0 Å². The fraction of sp³-hybridized carbons (Fsp3) is 0.435. The Labute approximate surface area is 191 Å². The van der Waals surface area contributed by atoms with Gasteiger partial charge < -0.3 is 21.1 Å². The minimum Gasteiger partial charge on any atom is -0.492 e. The van der Waals surface area contributed by atoms with Gasteiger partial charge >= 0.3 is 0 Å². The number of amides is 2. The number of hydrogen-bond donors (Lipinski definition) is 2. The minimum atomic E-state index is -0.640. The summed E-state index contributed by atoms with van der Waals surface area (Å²) in [5.74, 6) is 5.26. The van der Waals surface area contributed by atoms with Crippen LogP contribution in [0.15, 0.2) is 18.2 Å². The van der Waals surface area contributed by atoms with Gasteiger partial charge in [0.1, 0.15) is 22.8 Å². The number of benzene rings is 1. The third kappa shape index (κ3) is 3.78. The van der Waals surface area contributed by atoms with E-state index < -0.39 is 5.91 Å². The first-order valence-electron chi connectivity index (χ1n) is 10.6. The molecule has 1 aliphatic carbocycles. The van der Waals surface area contributed by atoms with E-state index in [0.29, 0.717) is 41.7 Å². The molecule has 168 valence electrons. The summed E-state index contributed by atoms with van der Waals surface area (Å²) in [6.45, 7) is 5.59. The van der Waals surface area contributed by atoms with Crippen LogP contribution in [0.4, 0.5) is 5.82 Å². The van der Waals surface area contributed by atoms with Crippen LogP contribution in [0.3, 0.4) is 0 Å². The van der Waals surface area contributed by atoms with Gasteiger partial charge in [-0.05, 0) is 50.3 Å². The van der Waals surface area contributed by atoms with Crippen LogP contribution in [-0.2, 0) is 4.79 Å². The molecule has 1 saturated heterocycles. The van der Waals surface area contributed by atoms with Crippen LogP contribution >= 0.6 is 11.6 Å². The number of carbonyl (C=O) groups excluding carboxylic acids is 2. The molecular formula is C23H26ClN5O3. The average molecular weight is 456 g/mol. The number of rotatable bonds is 6. The highest BCUT2D eigenvalue weighted by atomic mass is 35.5. The van der Waals surface area contributed by atoms with E-state index in [9.17, 15) is 9.59 Å². The molecule has 2 aromatic rings. The van der Waals surface area contributed by atoms with Gasteiger partial charge in [-0.25, -0.2) is 4.68 Å². The molecule has 1 saturated carbocycles. The Morgan fingerprint density at radius 2 is 2.06 bits per heavy atom. The van der Waals surface area contributed by atoms with E-state index in [-0.39, 0.29) is 28.7 Å². The van der Waals surface area contributed by atoms with Crippen LogP contribution in [0.25, 0.3) is 11.3 Å². The molecule has 2 amide bonds. The number of hydrogen-bond acceptors (Lipinski definition) is 5. The summed E-state index contributed by atoms with van der Waals surface area (Å²) in [6.07, 6.45) is 2.51. The van der Waals surface area contributed by atoms with Gasteiger partial charge in [0.15, 0.2) is 0 Å². The molecule has 2 aliphatic rings. The van der Waals surface area contributed by atoms with Crippen LogP contribution in [0, 0.1) is 17.3 Å². The largest absolute Gasteiger partial charge is 0.492 e. The smallest absolute Gasteiger partial charge is 0.298 e. The SMILES string of the molecule is CC#CC(=O)N1CC2(CC(n3nc(-c4ccc(OCCC)c(Cl)c4)c(C(N)=O)c3N)C2)C1. The van der Waals surface area contributed by atoms with Crippen molar-refractivity contribution in [1.82, 2.24) is 14.7 Å². The van der Waals surface area contributed by atoms with Crippen molar-refractivity contribution in [3.05, 3.63) is 28.8 Å². The molecule has 32 heavy (non-hydrogen) atoms. The molecule has 0 unspecified atom stereocenters. The van der Waals surface area contributed by atoms with Gasteiger partial charge in [0, 0.05) is 24.1 Å². The lowest BCUT2D eigenvalue weighted by Crippen LogP contribution is -2.63. The Bertz CT molecular complexity index is 1130. The highest BCUT2D eigenvalue weighted by Gasteiger charge is 2.54. The van der Waals surface area contributed by atoms with Crippen LogP contribution in [-0.4, -0.2) is 46.2 Å². The van der Waals surface area contributed by atoms with E-state index in [2.05, 4.69) is 16.9 Å². The highest BCUT2D eigenvalue weighted by Crippen LogP contribution is 2.54. The number of ether oxygens (including phenoxy) is 1. The van der Waals surface area contributed by atoms with E-state index in [1.807, 2.05) is 6.92 Å². The van der Waals surface area contributed by atoms with Crippen LogP contribution in [0.2, 0.25) is 5.02 Å². The molecular weight excluding hydrogens is 430 g/mol. The van der Waals surface area contributed by atoms with Gasteiger partial charge in [0.25, 0.3) is 11.8 Å². The van der Waals surface area contributed by atoms with Gasteiger partial charge in [-0.1, -0.05) is 24.4 Å². The van der Waals surface area contributed by atoms with Crippen molar-refractivity contribution < 1.29 is 14.3 Å². The summed E-state index contributed by atoms with van der Waals surface area (Å²) in [7, 11) is 0. The Morgan fingerprint density at radius 1 is 1.34 bits per heavy atom. The summed E-state index contributed by atoms with van der Waals surface area (Å²) < 4.78 is 7.31. The summed E-state index contributed by atoms with van der Waals surface area (Å²) in [4.78, 5) is 25.8. The maximum absolute atomic E-state index is 12.2. The van der Waals surface area contributed by atoms with Gasteiger partial charge in [0.05, 0.1) is 17.7 Å². The summed E-state index contributed by atoms with van der Waals surface area (Å²) in [5.41, 5.74) is 13.3. The Kier molecular flexibility index (Phi) is 5.78. The molecule has 1 spiro atoms. The quantitative estimate of drug-likeness (QED) is 0.649. The predicted molar refractivity (Wildman–Crippen MR) is 122 cm³/mol. The second kappa shape index (κ2) is 8.40. The normalized spacial score (nSPS) is 16.7. The first-order chi connectivity index (χ1) is 15.3. The molecule has 4 N–H and O–H groups in total. The molecule has 9 heteroatoms. The molecule has 4 rings (SSSR count). The number of halogens is 1. The lowest BCUT2D eigenvalue weighted by molar-refractivity contribution is -0.148. The van der Waals surface area contributed by atoms with E-state index in [0.717, 1.165) is 19.3 Å². The van der Waals surface area contributed by atoms with E-state index >= 15 is 0 Å². The van der Waals surface area contributed by atoms with Crippen molar-refractivity contribution in [2.75, 3.05) is 25.4 Å². The molecule has 1 aromatic heterocycles. The molecule has 1 aromatic carbocycles. The summed E-state index contributed by atoms with van der Waals surface area (Å²) in [5, 5.41) is 5.08. The van der Waals surface area contributed by atoms with Gasteiger partial charge in [-0.15, -0.1) is 0 Å². The number of nitrogens with zero attached hydrogens (tertiary/aromatic N) is 3. The fourth-order valence-electron chi connectivity index (χ4n) is 4.61. The predicted octanol–water partition coefficient (Wildman–Crippen LogP) is 2.86. The molecule has 0 bridgehead atoms. The van der Waals surface area contributed by atoms with E-state index in [1.165, 1.54) is 0 Å². The van der Waals surface area contributed by atoms with Gasteiger partial charge in [-0.3, -0.25) is 9.59 Å². The van der Waals surface area contributed by atoms with Crippen molar-refractivity contribution in [2.45, 2.75) is 39.2 Å². The topological polar surface area (TPSA) is 116 Å². The fourth-order valence-corrected chi connectivity index (χ4v) is 4.85. The van der Waals surface area contributed by atoms with Crippen molar-refractivity contribution in [3.8, 4) is 28.8 Å². The third-order valence-electron chi connectivity index (χ3n) is 6.12. The zero-order valence-corrected chi connectivity index (χ0v) is 18.9. The summed E-state index contributed by atoms with van der Waals surface area (Å²) >= 11 is 6.37. The minimum absolute atomic E-state index is 0.0407.